The Morgan fingerprint density at radius 2 is 2.09 bits per heavy atom. The Morgan fingerprint density at radius 1 is 1.45 bits per heavy atom. The van der Waals surface area contributed by atoms with E-state index in [1.54, 1.807) is 19.2 Å². The second-order valence-corrected chi connectivity index (χ2v) is 2.89. The van der Waals surface area contributed by atoms with Crippen LogP contribution >= 0.6 is 11.6 Å². The number of anilines is 1. The van der Waals surface area contributed by atoms with Gasteiger partial charge in [0.05, 0.1) is 5.69 Å². The molecule has 0 amide bonds. The van der Waals surface area contributed by atoms with E-state index in [2.05, 4.69) is 0 Å². The second kappa shape index (κ2) is 3.11. The molecule has 0 unspecified atom stereocenters. The highest BCUT2D eigenvalue weighted by atomic mass is 35.5. The van der Waals surface area contributed by atoms with Crippen molar-refractivity contribution < 1.29 is 5.21 Å². The molecule has 0 aromatic heterocycles. The lowest BCUT2D eigenvalue weighted by atomic mass is 10.2. The molecule has 0 fully saturated rings. The van der Waals surface area contributed by atoms with Crippen LogP contribution in [0.5, 0.6) is 0 Å². The number of hydrogen-bond donors (Lipinski definition) is 1. The van der Waals surface area contributed by atoms with Crippen LogP contribution in [-0.2, 0) is 0 Å². The fourth-order valence-corrected chi connectivity index (χ4v) is 1.10. The Hall–Kier alpha value is -0.730. The van der Waals surface area contributed by atoms with Gasteiger partial charge in [0.25, 0.3) is 0 Å². The molecule has 0 saturated heterocycles. The summed E-state index contributed by atoms with van der Waals surface area (Å²) in [6.07, 6.45) is 0. The van der Waals surface area contributed by atoms with Crippen LogP contribution in [0.15, 0.2) is 18.2 Å². The fourth-order valence-electron chi connectivity index (χ4n) is 0.931. The standard InChI is InChI=1S/C8H10ClNO/c1-6-3-4-7(9)5-8(6)10(2)11/h3-5,11H,1-2H3. The van der Waals surface area contributed by atoms with Gasteiger partial charge in [-0.05, 0) is 24.6 Å². The Labute approximate surface area is 71.0 Å². The molecule has 0 spiro atoms. The molecule has 1 aromatic carbocycles. The quantitative estimate of drug-likeness (QED) is 0.657. The van der Waals surface area contributed by atoms with Gasteiger partial charge in [-0.15, -0.1) is 0 Å². The van der Waals surface area contributed by atoms with Crippen LogP contribution in [0.3, 0.4) is 0 Å². The van der Waals surface area contributed by atoms with Crippen LogP contribution in [0.2, 0.25) is 5.02 Å². The van der Waals surface area contributed by atoms with Crippen molar-refractivity contribution in [2.45, 2.75) is 6.92 Å². The molecule has 0 saturated carbocycles. The van der Waals surface area contributed by atoms with E-state index in [9.17, 15) is 0 Å². The molecule has 60 valence electrons. The van der Waals surface area contributed by atoms with E-state index < -0.39 is 0 Å². The van der Waals surface area contributed by atoms with Crippen molar-refractivity contribution in [2.75, 3.05) is 12.1 Å². The molecule has 0 aliphatic heterocycles. The number of nitrogens with zero attached hydrogens (tertiary/aromatic N) is 1. The van der Waals surface area contributed by atoms with Gasteiger partial charge in [0.2, 0.25) is 0 Å². The molecule has 0 aliphatic rings. The predicted molar refractivity (Wildman–Crippen MR) is 46.4 cm³/mol. The monoisotopic (exact) mass is 171 g/mol. The van der Waals surface area contributed by atoms with E-state index >= 15 is 0 Å². The highest BCUT2D eigenvalue weighted by Crippen LogP contribution is 2.21. The van der Waals surface area contributed by atoms with Gasteiger partial charge >= 0.3 is 0 Å². The third kappa shape index (κ3) is 1.85. The van der Waals surface area contributed by atoms with Gasteiger partial charge in [-0.1, -0.05) is 17.7 Å². The zero-order chi connectivity index (χ0) is 8.43. The minimum absolute atomic E-state index is 0.631. The number of hydrogen-bond acceptors (Lipinski definition) is 2. The van der Waals surface area contributed by atoms with Crippen LogP contribution < -0.4 is 5.06 Å². The maximum atomic E-state index is 9.10. The van der Waals surface area contributed by atoms with Crippen molar-refractivity contribution in [3.63, 3.8) is 0 Å². The van der Waals surface area contributed by atoms with Crippen molar-refractivity contribution in [3.8, 4) is 0 Å². The van der Waals surface area contributed by atoms with Crippen molar-refractivity contribution in [2.24, 2.45) is 0 Å². The molecule has 1 aromatic rings. The lowest BCUT2D eigenvalue weighted by Crippen LogP contribution is -2.10. The second-order valence-electron chi connectivity index (χ2n) is 2.45. The number of hydroxylamine groups is 1. The summed E-state index contributed by atoms with van der Waals surface area (Å²) >= 11 is 5.72. The first-order valence-electron chi connectivity index (χ1n) is 3.30. The number of benzene rings is 1. The first-order chi connectivity index (χ1) is 5.11. The molecular formula is C8H10ClNO. The van der Waals surface area contributed by atoms with Gasteiger partial charge in [0.15, 0.2) is 0 Å². The van der Waals surface area contributed by atoms with E-state index in [0.717, 1.165) is 16.3 Å². The molecule has 11 heavy (non-hydrogen) atoms. The van der Waals surface area contributed by atoms with Crippen LogP contribution in [0.25, 0.3) is 0 Å². The van der Waals surface area contributed by atoms with E-state index in [0.29, 0.717) is 5.02 Å². The predicted octanol–water partition coefficient (Wildman–Crippen LogP) is 2.47. The smallest absolute Gasteiger partial charge is 0.0674 e. The summed E-state index contributed by atoms with van der Waals surface area (Å²) in [5, 5.41) is 10.8. The minimum Gasteiger partial charge on any atom is -0.289 e. The molecule has 0 bridgehead atoms. The summed E-state index contributed by atoms with van der Waals surface area (Å²) < 4.78 is 0. The average Bonchev–Trinajstić information content (AvgIpc) is 1.94. The largest absolute Gasteiger partial charge is 0.289 e. The van der Waals surface area contributed by atoms with Crippen molar-refractivity contribution >= 4 is 17.3 Å². The average molecular weight is 172 g/mol. The van der Waals surface area contributed by atoms with Gasteiger partial charge in [0.1, 0.15) is 0 Å². The van der Waals surface area contributed by atoms with Gasteiger partial charge in [0, 0.05) is 12.1 Å². The van der Waals surface area contributed by atoms with Crippen molar-refractivity contribution in [3.05, 3.63) is 28.8 Å². The third-order valence-corrected chi connectivity index (χ3v) is 1.75. The molecule has 1 rings (SSSR count). The molecule has 0 radical (unpaired) electrons. The molecule has 2 nitrogen and oxygen atoms in total. The van der Waals surface area contributed by atoms with Crippen LogP contribution in [0.4, 0.5) is 5.69 Å². The zero-order valence-electron chi connectivity index (χ0n) is 6.50. The van der Waals surface area contributed by atoms with Gasteiger partial charge in [-0.2, -0.15) is 0 Å². The fraction of sp³-hybridized carbons (Fsp3) is 0.250. The van der Waals surface area contributed by atoms with E-state index in [1.807, 2.05) is 13.0 Å². The van der Waals surface area contributed by atoms with Crippen molar-refractivity contribution in [1.29, 1.82) is 0 Å². The topological polar surface area (TPSA) is 23.5 Å². The van der Waals surface area contributed by atoms with E-state index in [1.165, 1.54) is 0 Å². The molecule has 3 heteroatoms. The summed E-state index contributed by atoms with van der Waals surface area (Å²) in [6.45, 7) is 1.92. The van der Waals surface area contributed by atoms with Crippen molar-refractivity contribution in [1.82, 2.24) is 0 Å². The lowest BCUT2D eigenvalue weighted by molar-refractivity contribution is 0.279. The number of halogens is 1. The SMILES string of the molecule is Cc1ccc(Cl)cc1N(C)O. The Kier molecular flexibility index (Phi) is 2.37. The molecule has 0 heterocycles. The summed E-state index contributed by atoms with van der Waals surface area (Å²) in [4.78, 5) is 0. The molecule has 0 aliphatic carbocycles. The first kappa shape index (κ1) is 8.37. The van der Waals surface area contributed by atoms with Crippen LogP contribution in [0, 0.1) is 6.92 Å². The lowest BCUT2D eigenvalue weighted by Gasteiger charge is -2.13. The van der Waals surface area contributed by atoms with Gasteiger partial charge < -0.3 is 0 Å². The van der Waals surface area contributed by atoms with Crippen LogP contribution in [0.1, 0.15) is 5.56 Å². The van der Waals surface area contributed by atoms with E-state index in [-0.39, 0.29) is 0 Å². The summed E-state index contributed by atoms with van der Waals surface area (Å²) in [5.41, 5.74) is 1.73. The highest BCUT2D eigenvalue weighted by molar-refractivity contribution is 6.30. The van der Waals surface area contributed by atoms with Gasteiger partial charge in [-0.3, -0.25) is 10.3 Å². The third-order valence-electron chi connectivity index (χ3n) is 1.52. The summed E-state index contributed by atoms with van der Waals surface area (Å²) in [7, 11) is 1.57. The Bertz CT molecular complexity index is 260. The minimum atomic E-state index is 0.631. The summed E-state index contributed by atoms with van der Waals surface area (Å²) in [6, 6.07) is 5.38. The molecule has 1 N–H and O–H groups in total. The van der Waals surface area contributed by atoms with E-state index in [4.69, 9.17) is 16.8 Å². The number of aryl methyl sites for hydroxylation is 1. The Balaban J connectivity index is 3.13. The maximum absolute atomic E-state index is 9.10. The molecular weight excluding hydrogens is 162 g/mol. The highest BCUT2D eigenvalue weighted by Gasteiger charge is 2.01. The normalized spacial score (nSPS) is 9.82. The first-order valence-corrected chi connectivity index (χ1v) is 3.68. The Morgan fingerprint density at radius 3 is 2.55 bits per heavy atom. The zero-order valence-corrected chi connectivity index (χ0v) is 7.26. The van der Waals surface area contributed by atoms with Crippen LogP contribution in [-0.4, -0.2) is 12.3 Å². The summed E-state index contributed by atoms with van der Waals surface area (Å²) in [5.74, 6) is 0. The molecule has 0 atom stereocenters. The maximum Gasteiger partial charge on any atom is 0.0674 e. The number of rotatable bonds is 1. The van der Waals surface area contributed by atoms with Gasteiger partial charge in [-0.25, -0.2) is 0 Å².